The lowest BCUT2D eigenvalue weighted by atomic mass is 10.1. The Morgan fingerprint density at radius 2 is 2.00 bits per heavy atom. The summed E-state index contributed by atoms with van der Waals surface area (Å²) in [4.78, 5) is 16.6. The third-order valence-corrected chi connectivity index (χ3v) is 4.13. The van der Waals surface area contributed by atoms with Crippen molar-refractivity contribution in [3.05, 3.63) is 35.4 Å². The second-order valence-corrected chi connectivity index (χ2v) is 6.22. The van der Waals surface area contributed by atoms with E-state index in [2.05, 4.69) is 16.3 Å². The number of nitriles is 1. The lowest BCUT2D eigenvalue weighted by molar-refractivity contribution is 0.0385. The van der Waals surface area contributed by atoms with E-state index in [1.165, 1.54) is 0 Å². The van der Waals surface area contributed by atoms with Crippen molar-refractivity contribution >= 4 is 6.03 Å². The van der Waals surface area contributed by atoms with Crippen LogP contribution in [0.1, 0.15) is 25.0 Å². The number of rotatable bonds is 6. The Labute approximate surface area is 144 Å². The van der Waals surface area contributed by atoms with Crippen LogP contribution in [0, 0.1) is 11.3 Å². The largest absolute Gasteiger partial charge is 0.379 e. The maximum Gasteiger partial charge on any atom is 0.317 e. The number of carbonyl (C=O) groups is 1. The van der Waals surface area contributed by atoms with Crippen molar-refractivity contribution in [2.45, 2.75) is 26.4 Å². The smallest absolute Gasteiger partial charge is 0.317 e. The number of hydrogen-bond donors (Lipinski definition) is 1. The molecule has 0 radical (unpaired) electrons. The molecule has 0 aliphatic carbocycles. The van der Waals surface area contributed by atoms with Crippen LogP contribution in [0.4, 0.5) is 4.79 Å². The molecule has 1 N–H and O–H groups in total. The van der Waals surface area contributed by atoms with Gasteiger partial charge in [0.15, 0.2) is 0 Å². The van der Waals surface area contributed by atoms with E-state index in [0.29, 0.717) is 18.7 Å². The average molecular weight is 330 g/mol. The lowest BCUT2D eigenvalue weighted by Gasteiger charge is -2.29. The van der Waals surface area contributed by atoms with E-state index >= 15 is 0 Å². The molecule has 6 nitrogen and oxygen atoms in total. The minimum absolute atomic E-state index is 0.0531. The highest BCUT2D eigenvalue weighted by atomic mass is 16.5. The first-order valence-electron chi connectivity index (χ1n) is 8.43. The first kappa shape index (κ1) is 18.2. The molecule has 0 aromatic heterocycles. The number of nitrogens with one attached hydrogen (secondary N) is 1. The van der Waals surface area contributed by atoms with Crippen molar-refractivity contribution in [1.82, 2.24) is 15.1 Å². The molecule has 1 saturated heterocycles. The summed E-state index contributed by atoms with van der Waals surface area (Å²) < 4.78 is 5.32. The molecule has 2 amide bonds. The molecule has 2 rings (SSSR count). The maximum atomic E-state index is 12.5. The van der Waals surface area contributed by atoms with Crippen LogP contribution in [0.3, 0.4) is 0 Å². The Morgan fingerprint density at radius 1 is 1.33 bits per heavy atom. The Kier molecular flexibility index (Phi) is 7.04. The Morgan fingerprint density at radius 3 is 2.58 bits per heavy atom. The molecule has 24 heavy (non-hydrogen) atoms. The molecule has 0 saturated carbocycles. The second-order valence-electron chi connectivity index (χ2n) is 6.22. The van der Waals surface area contributed by atoms with Crippen LogP contribution >= 0.6 is 0 Å². The van der Waals surface area contributed by atoms with Gasteiger partial charge in [0.1, 0.15) is 0 Å². The van der Waals surface area contributed by atoms with Gasteiger partial charge in [-0.05, 0) is 31.5 Å². The zero-order valence-corrected chi connectivity index (χ0v) is 14.5. The molecule has 0 atom stereocenters. The molecule has 6 heteroatoms. The SMILES string of the molecule is CC(C)N(Cc1ccc(C#N)cc1)C(=O)NCCN1CCOCC1. The van der Waals surface area contributed by atoms with Crippen molar-refractivity contribution in [3.8, 4) is 6.07 Å². The molecule has 0 spiro atoms. The molecular weight excluding hydrogens is 304 g/mol. The maximum absolute atomic E-state index is 12.5. The number of nitrogens with zero attached hydrogens (tertiary/aromatic N) is 3. The molecule has 1 aliphatic rings. The van der Waals surface area contributed by atoms with E-state index in [9.17, 15) is 4.79 Å². The van der Waals surface area contributed by atoms with E-state index < -0.39 is 0 Å². The molecule has 1 aromatic rings. The minimum atomic E-state index is -0.0531. The molecule has 0 unspecified atom stereocenters. The summed E-state index contributed by atoms with van der Waals surface area (Å²) in [5, 5.41) is 11.9. The number of hydrogen-bond acceptors (Lipinski definition) is 4. The van der Waals surface area contributed by atoms with Crippen LogP contribution in [0.25, 0.3) is 0 Å². The summed E-state index contributed by atoms with van der Waals surface area (Å²) >= 11 is 0. The number of urea groups is 1. The Balaban J connectivity index is 1.84. The molecule has 130 valence electrons. The van der Waals surface area contributed by atoms with Crippen LogP contribution in [0.2, 0.25) is 0 Å². The first-order valence-corrected chi connectivity index (χ1v) is 8.43. The third kappa shape index (κ3) is 5.52. The molecular formula is C18H26N4O2. The number of ether oxygens (including phenoxy) is 1. The van der Waals surface area contributed by atoms with Gasteiger partial charge in [0.2, 0.25) is 0 Å². The first-order chi connectivity index (χ1) is 11.6. The summed E-state index contributed by atoms with van der Waals surface area (Å²) in [7, 11) is 0. The molecule has 1 aliphatic heterocycles. The van der Waals surface area contributed by atoms with Crippen LogP contribution in [0.5, 0.6) is 0 Å². The van der Waals surface area contributed by atoms with E-state index in [1.807, 2.05) is 26.0 Å². The minimum Gasteiger partial charge on any atom is -0.379 e. The summed E-state index contributed by atoms with van der Waals surface area (Å²) in [6.07, 6.45) is 0. The van der Waals surface area contributed by atoms with Crippen LogP contribution < -0.4 is 5.32 Å². The molecule has 0 bridgehead atoms. The third-order valence-electron chi connectivity index (χ3n) is 4.13. The molecule has 1 aromatic carbocycles. The fraction of sp³-hybridized carbons (Fsp3) is 0.556. The van der Waals surface area contributed by atoms with Crippen molar-refractivity contribution in [2.75, 3.05) is 39.4 Å². The fourth-order valence-corrected chi connectivity index (χ4v) is 2.62. The Hall–Kier alpha value is -2.10. The zero-order chi connectivity index (χ0) is 17.4. The van der Waals surface area contributed by atoms with Crippen LogP contribution in [-0.2, 0) is 11.3 Å². The zero-order valence-electron chi connectivity index (χ0n) is 14.5. The van der Waals surface area contributed by atoms with Crippen molar-refractivity contribution < 1.29 is 9.53 Å². The standard InChI is InChI=1S/C18H26N4O2/c1-15(2)22(14-17-5-3-16(13-19)4-6-17)18(23)20-7-8-21-9-11-24-12-10-21/h3-6,15H,7-12,14H2,1-2H3,(H,20,23). The molecule has 1 fully saturated rings. The quantitative estimate of drug-likeness (QED) is 0.864. The van der Waals surface area contributed by atoms with E-state index in [-0.39, 0.29) is 12.1 Å². The average Bonchev–Trinajstić information content (AvgIpc) is 2.60. The number of amides is 2. The van der Waals surface area contributed by atoms with Gasteiger partial charge in [0.25, 0.3) is 0 Å². The normalized spacial score (nSPS) is 15.1. The van der Waals surface area contributed by atoms with Crippen molar-refractivity contribution in [3.63, 3.8) is 0 Å². The van der Waals surface area contributed by atoms with Crippen molar-refractivity contribution in [1.29, 1.82) is 5.26 Å². The predicted molar refractivity (Wildman–Crippen MR) is 92.5 cm³/mol. The summed E-state index contributed by atoms with van der Waals surface area (Å²) in [5.41, 5.74) is 1.65. The molecule has 1 heterocycles. The highest BCUT2D eigenvalue weighted by Gasteiger charge is 2.17. The van der Waals surface area contributed by atoms with Crippen LogP contribution in [-0.4, -0.2) is 61.3 Å². The Bertz CT molecular complexity index is 559. The van der Waals surface area contributed by atoms with Gasteiger partial charge in [-0.1, -0.05) is 12.1 Å². The van der Waals surface area contributed by atoms with E-state index in [0.717, 1.165) is 38.4 Å². The monoisotopic (exact) mass is 330 g/mol. The van der Waals surface area contributed by atoms with Gasteiger partial charge in [0.05, 0.1) is 24.8 Å². The van der Waals surface area contributed by atoms with Gasteiger partial charge in [-0.2, -0.15) is 5.26 Å². The van der Waals surface area contributed by atoms with E-state index in [1.54, 1.807) is 17.0 Å². The fourth-order valence-electron chi connectivity index (χ4n) is 2.62. The summed E-state index contributed by atoms with van der Waals surface area (Å²) in [5.74, 6) is 0. The van der Waals surface area contributed by atoms with Gasteiger partial charge < -0.3 is 15.0 Å². The van der Waals surface area contributed by atoms with E-state index in [4.69, 9.17) is 10.00 Å². The highest BCUT2D eigenvalue weighted by molar-refractivity contribution is 5.74. The van der Waals surface area contributed by atoms with Gasteiger partial charge in [-0.15, -0.1) is 0 Å². The van der Waals surface area contributed by atoms with Gasteiger partial charge in [0, 0.05) is 38.8 Å². The van der Waals surface area contributed by atoms with Crippen LogP contribution in [0.15, 0.2) is 24.3 Å². The number of carbonyl (C=O) groups excluding carboxylic acids is 1. The topological polar surface area (TPSA) is 68.6 Å². The number of morpholine rings is 1. The second kappa shape index (κ2) is 9.26. The van der Waals surface area contributed by atoms with Gasteiger partial charge >= 0.3 is 6.03 Å². The lowest BCUT2D eigenvalue weighted by Crippen LogP contribution is -2.47. The predicted octanol–water partition coefficient (Wildman–Crippen LogP) is 1.81. The highest BCUT2D eigenvalue weighted by Crippen LogP contribution is 2.10. The van der Waals surface area contributed by atoms with Crippen molar-refractivity contribution in [2.24, 2.45) is 0 Å². The number of benzene rings is 1. The van der Waals surface area contributed by atoms with Gasteiger partial charge in [-0.25, -0.2) is 4.79 Å². The summed E-state index contributed by atoms with van der Waals surface area (Å²) in [6, 6.07) is 9.51. The summed E-state index contributed by atoms with van der Waals surface area (Å²) in [6.45, 7) is 9.41. The van der Waals surface area contributed by atoms with Gasteiger partial charge in [-0.3, -0.25) is 4.90 Å².